The van der Waals surface area contributed by atoms with Crippen LogP contribution in [0.5, 0.6) is 0 Å². The summed E-state index contributed by atoms with van der Waals surface area (Å²) in [6, 6.07) is 7.85. The van der Waals surface area contributed by atoms with Crippen LogP contribution < -0.4 is 5.56 Å². The van der Waals surface area contributed by atoms with Crippen molar-refractivity contribution in [1.29, 1.82) is 5.26 Å². The fourth-order valence-electron chi connectivity index (χ4n) is 2.19. The molecule has 0 unspecified atom stereocenters. The number of fused-ring (bicyclic) bond motifs is 1. The minimum Gasteiger partial charge on any atom is -0.267 e. The maximum atomic E-state index is 12.7. The summed E-state index contributed by atoms with van der Waals surface area (Å²) in [5.74, 6) is 0. The van der Waals surface area contributed by atoms with Crippen LogP contribution in [-0.2, 0) is 0 Å². The Morgan fingerprint density at radius 3 is 2.62 bits per heavy atom. The number of thiazole rings is 1. The zero-order valence-corrected chi connectivity index (χ0v) is 15.8. The Morgan fingerprint density at radius 1 is 1.42 bits per heavy atom. The van der Waals surface area contributed by atoms with E-state index in [1.165, 1.54) is 39.6 Å². The van der Waals surface area contributed by atoms with Gasteiger partial charge in [0.1, 0.15) is 16.7 Å². The number of aromatic nitrogens is 2. The van der Waals surface area contributed by atoms with Crippen LogP contribution in [0.25, 0.3) is 16.2 Å². The van der Waals surface area contributed by atoms with Crippen LogP contribution in [-0.4, -0.2) is 20.6 Å². The molecule has 120 valence electrons. The third-order valence-corrected chi connectivity index (χ3v) is 5.95. The number of nitro groups is 1. The molecule has 3 aromatic rings. The molecule has 0 atom stereocenters. The normalized spacial score (nSPS) is 10.7. The molecule has 7 nitrogen and oxygen atoms in total. The maximum absolute atomic E-state index is 12.7. The van der Waals surface area contributed by atoms with Crippen LogP contribution in [0.4, 0.5) is 5.69 Å². The van der Waals surface area contributed by atoms with Crippen LogP contribution >= 0.6 is 45.7 Å². The molecule has 24 heavy (non-hydrogen) atoms. The first-order chi connectivity index (χ1) is 11.5. The molecule has 0 radical (unpaired) electrons. The standard InChI is InChI=1S/C14H7IN4O3S2/c1-23-12-9(6-16)13(20)18-10(11(15)24-14(18)17-12)7-2-4-8(5-3-7)19(21)22/h2-5H,1H3. The fourth-order valence-corrected chi connectivity index (χ4v) is 4.78. The van der Waals surface area contributed by atoms with Gasteiger partial charge in [0.25, 0.3) is 11.2 Å². The van der Waals surface area contributed by atoms with Crippen molar-refractivity contribution in [2.75, 3.05) is 6.26 Å². The third kappa shape index (κ3) is 2.68. The van der Waals surface area contributed by atoms with Crippen LogP contribution in [0.15, 0.2) is 34.1 Å². The number of nitro benzene ring substituents is 1. The first kappa shape index (κ1) is 16.9. The molecule has 0 fully saturated rings. The van der Waals surface area contributed by atoms with Gasteiger partial charge < -0.3 is 0 Å². The second-order valence-corrected chi connectivity index (χ2v) is 8.14. The minimum atomic E-state index is -0.479. The molecule has 0 spiro atoms. The molecule has 0 N–H and O–H groups in total. The van der Waals surface area contributed by atoms with Gasteiger partial charge in [-0.2, -0.15) is 5.26 Å². The average molecular weight is 470 g/mol. The lowest BCUT2D eigenvalue weighted by molar-refractivity contribution is -0.384. The highest BCUT2D eigenvalue weighted by Gasteiger charge is 2.20. The van der Waals surface area contributed by atoms with Gasteiger partial charge in [-0.15, -0.1) is 11.8 Å². The summed E-state index contributed by atoms with van der Waals surface area (Å²) in [5, 5.41) is 20.5. The zero-order valence-electron chi connectivity index (χ0n) is 12.0. The van der Waals surface area contributed by atoms with E-state index in [1.807, 2.05) is 6.07 Å². The highest BCUT2D eigenvalue weighted by atomic mass is 127. The Bertz CT molecular complexity index is 1070. The van der Waals surface area contributed by atoms with Crippen molar-refractivity contribution in [2.24, 2.45) is 0 Å². The van der Waals surface area contributed by atoms with E-state index in [-0.39, 0.29) is 11.3 Å². The molecule has 0 saturated carbocycles. The molecule has 2 heterocycles. The fraction of sp³-hybridized carbons (Fsp3) is 0.0714. The molecular weight excluding hydrogens is 463 g/mol. The van der Waals surface area contributed by atoms with E-state index in [1.54, 1.807) is 18.4 Å². The Morgan fingerprint density at radius 2 is 2.08 bits per heavy atom. The topological polar surface area (TPSA) is 101 Å². The Labute approximate surface area is 157 Å². The molecule has 0 aliphatic heterocycles. The number of rotatable bonds is 3. The van der Waals surface area contributed by atoms with Crippen molar-refractivity contribution in [2.45, 2.75) is 5.03 Å². The molecule has 0 saturated heterocycles. The molecule has 0 aliphatic rings. The van der Waals surface area contributed by atoms with Crippen molar-refractivity contribution in [1.82, 2.24) is 9.38 Å². The second kappa shape index (κ2) is 6.50. The molecular formula is C14H7IN4O3S2. The van der Waals surface area contributed by atoms with E-state index in [0.717, 1.165) is 2.88 Å². The largest absolute Gasteiger partial charge is 0.278 e. The highest BCUT2D eigenvalue weighted by Crippen LogP contribution is 2.33. The van der Waals surface area contributed by atoms with Crippen molar-refractivity contribution >= 4 is 56.3 Å². The summed E-state index contributed by atoms with van der Waals surface area (Å²) in [6.07, 6.45) is 1.76. The van der Waals surface area contributed by atoms with E-state index in [2.05, 4.69) is 27.6 Å². The Hall–Kier alpha value is -1.97. The van der Waals surface area contributed by atoms with Crippen molar-refractivity contribution < 1.29 is 4.92 Å². The van der Waals surface area contributed by atoms with Gasteiger partial charge in [-0.3, -0.25) is 14.9 Å². The van der Waals surface area contributed by atoms with E-state index in [0.29, 0.717) is 21.2 Å². The number of halogens is 1. The van der Waals surface area contributed by atoms with Crippen LogP contribution in [0.2, 0.25) is 0 Å². The second-order valence-electron chi connectivity index (χ2n) is 4.56. The lowest BCUT2D eigenvalue weighted by atomic mass is 10.1. The Balaban J connectivity index is 2.33. The monoisotopic (exact) mass is 470 g/mol. The number of thioether (sulfide) groups is 1. The number of hydrogen-bond acceptors (Lipinski definition) is 7. The number of nitrogens with zero attached hydrogens (tertiary/aromatic N) is 4. The number of non-ortho nitro benzene ring substituents is 1. The van der Waals surface area contributed by atoms with Gasteiger partial charge in [-0.05, 0) is 41.0 Å². The quantitative estimate of drug-likeness (QED) is 0.191. The van der Waals surface area contributed by atoms with Gasteiger partial charge in [-0.1, -0.05) is 11.3 Å². The van der Waals surface area contributed by atoms with Gasteiger partial charge in [0.15, 0.2) is 4.96 Å². The number of hydrogen-bond donors (Lipinski definition) is 0. The Kier molecular flexibility index (Phi) is 4.57. The summed E-state index contributed by atoms with van der Waals surface area (Å²) in [4.78, 5) is 27.9. The van der Waals surface area contributed by atoms with E-state index in [4.69, 9.17) is 0 Å². The lowest BCUT2D eigenvalue weighted by Crippen LogP contribution is -2.19. The zero-order chi connectivity index (χ0) is 17.4. The molecule has 0 amide bonds. The SMILES string of the molecule is CSc1nc2sc(I)c(-c3ccc([N+](=O)[O-])cc3)n2c(=O)c1C#N. The first-order valence-corrected chi connectivity index (χ1v) is 9.54. The molecule has 1 aromatic carbocycles. The smallest absolute Gasteiger partial charge is 0.267 e. The molecule has 0 aliphatic carbocycles. The molecule has 0 bridgehead atoms. The van der Waals surface area contributed by atoms with Crippen molar-refractivity contribution in [3.8, 4) is 17.3 Å². The summed E-state index contributed by atoms with van der Waals surface area (Å²) in [5.41, 5.74) is 0.783. The van der Waals surface area contributed by atoms with Crippen molar-refractivity contribution in [3.05, 3.63) is 53.2 Å². The summed E-state index contributed by atoms with van der Waals surface area (Å²) >= 11 is 4.67. The van der Waals surface area contributed by atoms with Crippen LogP contribution in [0, 0.1) is 24.3 Å². The molecule has 3 rings (SSSR count). The average Bonchev–Trinajstić information content (AvgIpc) is 2.91. The predicted octanol–water partition coefficient (Wildman–Crippen LogP) is 3.53. The van der Waals surface area contributed by atoms with Crippen LogP contribution in [0.1, 0.15) is 5.56 Å². The molecule has 10 heteroatoms. The molecule has 2 aromatic heterocycles. The number of nitriles is 1. The minimum absolute atomic E-state index is 0.00244. The summed E-state index contributed by atoms with van der Waals surface area (Å²) < 4.78 is 2.21. The first-order valence-electron chi connectivity index (χ1n) is 6.42. The van der Waals surface area contributed by atoms with Crippen LogP contribution in [0.3, 0.4) is 0 Å². The van der Waals surface area contributed by atoms with E-state index in [9.17, 15) is 20.2 Å². The van der Waals surface area contributed by atoms with E-state index >= 15 is 0 Å². The van der Waals surface area contributed by atoms with Gasteiger partial charge in [0.2, 0.25) is 0 Å². The predicted molar refractivity (Wildman–Crippen MR) is 101 cm³/mol. The third-order valence-electron chi connectivity index (χ3n) is 3.27. The van der Waals surface area contributed by atoms with Gasteiger partial charge in [-0.25, -0.2) is 9.38 Å². The van der Waals surface area contributed by atoms with Gasteiger partial charge in [0.05, 0.1) is 13.5 Å². The summed E-state index contributed by atoms with van der Waals surface area (Å²) in [6.45, 7) is 0. The van der Waals surface area contributed by atoms with Gasteiger partial charge >= 0.3 is 0 Å². The van der Waals surface area contributed by atoms with Gasteiger partial charge in [0, 0.05) is 17.7 Å². The highest BCUT2D eigenvalue weighted by molar-refractivity contribution is 14.1. The number of benzene rings is 1. The summed E-state index contributed by atoms with van der Waals surface area (Å²) in [7, 11) is 0. The van der Waals surface area contributed by atoms with E-state index < -0.39 is 10.5 Å². The van der Waals surface area contributed by atoms with Crippen molar-refractivity contribution in [3.63, 3.8) is 0 Å². The lowest BCUT2D eigenvalue weighted by Gasteiger charge is -2.04. The maximum Gasteiger partial charge on any atom is 0.278 e.